The molecule has 1 saturated heterocycles. The molecule has 2 heterocycles. The molecule has 3 rings (SSSR count). The molecule has 0 spiro atoms. The predicted molar refractivity (Wildman–Crippen MR) is 92.7 cm³/mol. The van der Waals surface area contributed by atoms with Crippen molar-refractivity contribution in [2.75, 3.05) is 11.4 Å². The number of nitrogens with one attached hydrogen (secondary N) is 1. The van der Waals surface area contributed by atoms with Gasteiger partial charge in [0.05, 0.1) is 5.92 Å². The lowest BCUT2D eigenvalue weighted by Gasteiger charge is -2.17. The Kier molecular flexibility index (Phi) is 4.81. The minimum atomic E-state index is -0.348. The van der Waals surface area contributed by atoms with E-state index in [1.165, 1.54) is 0 Å². The molecule has 0 bridgehead atoms. The summed E-state index contributed by atoms with van der Waals surface area (Å²) in [6.07, 6.45) is 3.58. The molecule has 6 heteroatoms. The highest BCUT2D eigenvalue weighted by atomic mass is 35.5. The molecule has 124 valence electrons. The molecule has 1 aromatic heterocycles. The van der Waals surface area contributed by atoms with Crippen molar-refractivity contribution < 1.29 is 9.59 Å². The van der Waals surface area contributed by atoms with Gasteiger partial charge in [0.15, 0.2) is 0 Å². The number of aromatic nitrogens is 1. The van der Waals surface area contributed by atoms with Crippen LogP contribution in [0.2, 0.25) is 5.02 Å². The average Bonchev–Trinajstić information content (AvgIpc) is 2.98. The van der Waals surface area contributed by atoms with E-state index < -0.39 is 0 Å². The molecule has 1 fully saturated rings. The summed E-state index contributed by atoms with van der Waals surface area (Å²) in [5.74, 6) is -0.515. The van der Waals surface area contributed by atoms with Crippen molar-refractivity contribution in [3.05, 3.63) is 58.9 Å². The summed E-state index contributed by atoms with van der Waals surface area (Å²) in [4.78, 5) is 30.2. The van der Waals surface area contributed by atoms with Gasteiger partial charge in [-0.1, -0.05) is 17.7 Å². The third kappa shape index (κ3) is 3.57. The first-order chi connectivity index (χ1) is 11.5. The van der Waals surface area contributed by atoms with E-state index in [9.17, 15) is 9.59 Å². The lowest BCUT2D eigenvalue weighted by Crippen LogP contribution is -2.32. The van der Waals surface area contributed by atoms with Crippen molar-refractivity contribution in [1.82, 2.24) is 10.3 Å². The van der Waals surface area contributed by atoms with E-state index in [2.05, 4.69) is 10.3 Å². The Morgan fingerprint density at radius 1 is 1.33 bits per heavy atom. The minimum absolute atomic E-state index is 0.0565. The summed E-state index contributed by atoms with van der Waals surface area (Å²) in [6.45, 7) is 2.72. The van der Waals surface area contributed by atoms with Gasteiger partial charge in [-0.2, -0.15) is 0 Å². The highest BCUT2D eigenvalue weighted by molar-refractivity contribution is 6.31. The van der Waals surface area contributed by atoms with E-state index in [4.69, 9.17) is 11.6 Å². The fourth-order valence-electron chi connectivity index (χ4n) is 2.72. The van der Waals surface area contributed by atoms with Gasteiger partial charge >= 0.3 is 0 Å². The molecule has 1 atom stereocenters. The molecule has 2 aromatic rings. The maximum Gasteiger partial charge on any atom is 0.227 e. The summed E-state index contributed by atoms with van der Waals surface area (Å²) in [7, 11) is 0. The standard InChI is InChI=1S/C18H18ClN3O2/c1-12-2-3-15(9-16(12)19)22-11-14(8-17(22)23)18(24)21-10-13-4-6-20-7-5-13/h2-7,9,14H,8,10-11H2,1H3,(H,21,24)/t14-/m0/s1. The summed E-state index contributed by atoms with van der Waals surface area (Å²) in [6, 6.07) is 9.20. The zero-order valence-electron chi connectivity index (χ0n) is 13.3. The predicted octanol–water partition coefficient (Wildman–Crippen LogP) is 2.71. The number of nitrogens with zero attached hydrogens (tertiary/aromatic N) is 2. The van der Waals surface area contributed by atoms with Gasteiger partial charge in [-0.05, 0) is 42.3 Å². The highest BCUT2D eigenvalue weighted by Gasteiger charge is 2.35. The lowest BCUT2D eigenvalue weighted by molar-refractivity contribution is -0.126. The van der Waals surface area contributed by atoms with Crippen molar-refractivity contribution in [1.29, 1.82) is 0 Å². The maximum absolute atomic E-state index is 12.3. The summed E-state index contributed by atoms with van der Waals surface area (Å²) >= 11 is 6.13. The topological polar surface area (TPSA) is 62.3 Å². The van der Waals surface area contributed by atoms with Crippen LogP contribution >= 0.6 is 11.6 Å². The number of amides is 2. The Hall–Kier alpha value is -2.40. The van der Waals surface area contributed by atoms with Gasteiger partial charge in [-0.25, -0.2) is 0 Å². The van der Waals surface area contributed by atoms with Crippen LogP contribution in [0, 0.1) is 12.8 Å². The lowest BCUT2D eigenvalue weighted by atomic mass is 10.1. The van der Waals surface area contributed by atoms with Gasteiger partial charge < -0.3 is 10.2 Å². The van der Waals surface area contributed by atoms with Crippen LogP contribution in [-0.2, 0) is 16.1 Å². The third-order valence-electron chi connectivity index (χ3n) is 4.18. The Bertz CT molecular complexity index is 764. The second-order valence-electron chi connectivity index (χ2n) is 5.91. The summed E-state index contributed by atoms with van der Waals surface area (Å²) < 4.78 is 0. The van der Waals surface area contributed by atoms with E-state index in [1.54, 1.807) is 23.4 Å². The van der Waals surface area contributed by atoms with Gasteiger partial charge in [-0.15, -0.1) is 0 Å². The quantitative estimate of drug-likeness (QED) is 0.928. The molecule has 1 aliphatic rings. The van der Waals surface area contributed by atoms with Crippen molar-refractivity contribution in [2.24, 2.45) is 5.92 Å². The molecular weight excluding hydrogens is 326 g/mol. The SMILES string of the molecule is Cc1ccc(N2C[C@@H](C(=O)NCc3ccncc3)CC2=O)cc1Cl. The van der Waals surface area contributed by atoms with Crippen molar-refractivity contribution in [2.45, 2.75) is 19.9 Å². The number of hydrogen-bond donors (Lipinski definition) is 1. The van der Waals surface area contributed by atoms with Crippen LogP contribution in [0.3, 0.4) is 0 Å². The van der Waals surface area contributed by atoms with E-state index in [0.29, 0.717) is 18.1 Å². The van der Waals surface area contributed by atoms with E-state index in [1.807, 2.05) is 31.2 Å². The number of benzene rings is 1. The van der Waals surface area contributed by atoms with Crippen molar-refractivity contribution >= 4 is 29.1 Å². The number of aryl methyl sites for hydroxylation is 1. The first kappa shape index (κ1) is 16.5. The number of halogens is 1. The first-order valence-electron chi connectivity index (χ1n) is 7.77. The van der Waals surface area contributed by atoms with Gasteiger partial charge in [0.2, 0.25) is 11.8 Å². The molecule has 24 heavy (non-hydrogen) atoms. The first-order valence-corrected chi connectivity index (χ1v) is 8.15. The van der Waals surface area contributed by atoms with Crippen LogP contribution in [-0.4, -0.2) is 23.3 Å². The molecule has 1 aromatic carbocycles. The summed E-state index contributed by atoms with van der Waals surface area (Å²) in [5.41, 5.74) is 2.67. The second kappa shape index (κ2) is 7.01. The van der Waals surface area contributed by atoms with Crippen LogP contribution in [0.4, 0.5) is 5.69 Å². The molecule has 0 aliphatic carbocycles. The van der Waals surface area contributed by atoms with Crippen LogP contribution < -0.4 is 10.2 Å². The van der Waals surface area contributed by atoms with Gasteiger partial charge in [0.25, 0.3) is 0 Å². The number of carbonyl (C=O) groups excluding carboxylic acids is 2. The second-order valence-corrected chi connectivity index (χ2v) is 6.32. The van der Waals surface area contributed by atoms with Gasteiger partial charge in [-0.3, -0.25) is 14.6 Å². The molecule has 1 aliphatic heterocycles. The smallest absolute Gasteiger partial charge is 0.227 e. The monoisotopic (exact) mass is 343 g/mol. The molecule has 0 saturated carbocycles. The van der Waals surface area contributed by atoms with Crippen LogP contribution in [0.1, 0.15) is 17.5 Å². The Labute approximate surface area is 145 Å². The Morgan fingerprint density at radius 3 is 2.79 bits per heavy atom. The molecule has 2 amide bonds. The van der Waals surface area contributed by atoms with Gasteiger partial charge in [0, 0.05) is 42.6 Å². The summed E-state index contributed by atoms with van der Waals surface area (Å²) in [5, 5.41) is 3.50. The zero-order valence-corrected chi connectivity index (χ0v) is 14.1. The zero-order chi connectivity index (χ0) is 17.1. The van der Waals surface area contributed by atoms with E-state index in [-0.39, 0.29) is 24.2 Å². The maximum atomic E-state index is 12.3. The van der Waals surface area contributed by atoms with Crippen molar-refractivity contribution in [3.8, 4) is 0 Å². The largest absolute Gasteiger partial charge is 0.352 e. The number of pyridine rings is 1. The molecule has 5 nitrogen and oxygen atoms in total. The van der Waals surface area contributed by atoms with Crippen LogP contribution in [0.5, 0.6) is 0 Å². The van der Waals surface area contributed by atoms with E-state index >= 15 is 0 Å². The molecule has 0 unspecified atom stereocenters. The Balaban J connectivity index is 1.63. The van der Waals surface area contributed by atoms with Crippen LogP contribution in [0.15, 0.2) is 42.7 Å². The highest BCUT2D eigenvalue weighted by Crippen LogP contribution is 2.28. The van der Waals surface area contributed by atoms with Crippen LogP contribution in [0.25, 0.3) is 0 Å². The normalized spacial score (nSPS) is 17.2. The minimum Gasteiger partial charge on any atom is -0.352 e. The number of hydrogen-bond acceptors (Lipinski definition) is 3. The van der Waals surface area contributed by atoms with Crippen molar-refractivity contribution in [3.63, 3.8) is 0 Å². The van der Waals surface area contributed by atoms with Gasteiger partial charge in [0.1, 0.15) is 0 Å². The third-order valence-corrected chi connectivity index (χ3v) is 4.59. The Morgan fingerprint density at radius 2 is 2.08 bits per heavy atom. The number of anilines is 1. The number of rotatable bonds is 4. The molecule has 1 N–H and O–H groups in total. The van der Waals surface area contributed by atoms with E-state index in [0.717, 1.165) is 16.8 Å². The number of carbonyl (C=O) groups is 2. The fraction of sp³-hybridized carbons (Fsp3) is 0.278. The average molecular weight is 344 g/mol. The fourth-order valence-corrected chi connectivity index (χ4v) is 2.89. The molecule has 0 radical (unpaired) electrons. The molecular formula is C18H18ClN3O2.